The second-order valence-electron chi connectivity index (χ2n) is 6.09. The molecule has 3 aromatic rings. The highest BCUT2D eigenvalue weighted by atomic mass is 16.5. The first kappa shape index (κ1) is 19.4. The molecular formula is C22H23NO5. The average Bonchev–Trinajstić information content (AvgIpc) is 2.73. The van der Waals surface area contributed by atoms with Crippen molar-refractivity contribution >= 4 is 10.8 Å². The van der Waals surface area contributed by atoms with Crippen LogP contribution in [-0.4, -0.2) is 33.0 Å². The first-order valence-corrected chi connectivity index (χ1v) is 8.70. The van der Waals surface area contributed by atoms with Crippen molar-refractivity contribution in [2.24, 2.45) is 0 Å². The molecule has 0 aliphatic rings. The summed E-state index contributed by atoms with van der Waals surface area (Å²) in [6.07, 6.45) is 1.69. The summed E-state index contributed by atoms with van der Waals surface area (Å²) in [5, 5.41) is 1.61. The van der Waals surface area contributed by atoms with Gasteiger partial charge in [0.15, 0.2) is 23.0 Å². The second kappa shape index (κ2) is 8.08. The SMILES string of the molecule is C=CCn1c(-c2ccc(OC)c(OC)c2)c2cc(OC)c(OC)cc2cc1=O. The number of nitrogens with zero attached hydrogens (tertiary/aromatic N) is 1. The van der Waals surface area contributed by atoms with E-state index in [1.54, 1.807) is 51.2 Å². The predicted octanol–water partition coefficient (Wildman–Crippen LogP) is 3.89. The van der Waals surface area contributed by atoms with Gasteiger partial charge in [-0.3, -0.25) is 4.79 Å². The summed E-state index contributed by atoms with van der Waals surface area (Å²) in [5.74, 6) is 2.34. The third kappa shape index (κ3) is 3.29. The Labute approximate surface area is 163 Å². The molecule has 146 valence electrons. The average molecular weight is 381 g/mol. The summed E-state index contributed by atoms with van der Waals surface area (Å²) in [6, 6.07) is 10.8. The van der Waals surface area contributed by atoms with Crippen LogP contribution in [0.15, 0.2) is 53.8 Å². The van der Waals surface area contributed by atoms with Crippen LogP contribution in [0.5, 0.6) is 23.0 Å². The van der Waals surface area contributed by atoms with E-state index in [4.69, 9.17) is 18.9 Å². The summed E-state index contributed by atoms with van der Waals surface area (Å²) in [5.41, 5.74) is 1.42. The lowest BCUT2D eigenvalue weighted by molar-refractivity contribution is 0.355. The molecule has 1 heterocycles. The van der Waals surface area contributed by atoms with E-state index in [1.165, 1.54) is 0 Å². The van der Waals surface area contributed by atoms with Crippen molar-refractivity contribution in [3.05, 3.63) is 59.4 Å². The Morgan fingerprint density at radius 1 is 0.857 bits per heavy atom. The Morgan fingerprint density at radius 2 is 1.46 bits per heavy atom. The minimum absolute atomic E-state index is 0.135. The fourth-order valence-electron chi connectivity index (χ4n) is 3.29. The molecule has 3 rings (SSSR count). The maximum atomic E-state index is 12.8. The molecule has 0 amide bonds. The molecule has 0 aliphatic heterocycles. The van der Waals surface area contributed by atoms with Gasteiger partial charge in [-0.2, -0.15) is 0 Å². The number of aromatic nitrogens is 1. The monoisotopic (exact) mass is 381 g/mol. The van der Waals surface area contributed by atoms with E-state index < -0.39 is 0 Å². The number of benzene rings is 2. The van der Waals surface area contributed by atoms with Crippen LogP contribution in [-0.2, 0) is 6.54 Å². The molecule has 0 saturated carbocycles. The molecular weight excluding hydrogens is 358 g/mol. The molecule has 0 unspecified atom stereocenters. The van der Waals surface area contributed by atoms with Gasteiger partial charge in [-0.1, -0.05) is 6.08 Å². The molecule has 0 bridgehead atoms. The molecule has 6 nitrogen and oxygen atoms in total. The summed E-state index contributed by atoms with van der Waals surface area (Å²) < 4.78 is 23.3. The maximum absolute atomic E-state index is 12.8. The van der Waals surface area contributed by atoms with Crippen molar-refractivity contribution < 1.29 is 18.9 Å². The number of rotatable bonds is 7. The largest absolute Gasteiger partial charge is 0.493 e. The third-order valence-corrected chi connectivity index (χ3v) is 4.59. The number of hydrogen-bond donors (Lipinski definition) is 0. The normalized spacial score (nSPS) is 10.6. The van der Waals surface area contributed by atoms with Crippen molar-refractivity contribution in [1.82, 2.24) is 4.57 Å². The van der Waals surface area contributed by atoms with Crippen molar-refractivity contribution in [1.29, 1.82) is 0 Å². The van der Waals surface area contributed by atoms with Crippen LogP contribution in [0, 0.1) is 0 Å². The molecule has 28 heavy (non-hydrogen) atoms. The van der Waals surface area contributed by atoms with Gasteiger partial charge in [-0.05, 0) is 35.7 Å². The number of methoxy groups -OCH3 is 4. The van der Waals surface area contributed by atoms with E-state index in [9.17, 15) is 4.79 Å². The predicted molar refractivity (Wildman–Crippen MR) is 110 cm³/mol. The van der Waals surface area contributed by atoms with Crippen LogP contribution in [0.1, 0.15) is 0 Å². The maximum Gasteiger partial charge on any atom is 0.251 e. The molecule has 0 radical (unpaired) electrons. The number of hydrogen-bond acceptors (Lipinski definition) is 5. The smallest absolute Gasteiger partial charge is 0.251 e. The fraction of sp³-hybridized carbons (Fsp3) is 0.227. The zero-order valence-electron chi connectivity index (χ0n) is 16.4. The standard InChI is InChI=1S/C22H23NO5/c1-6-9-23-21(24)12-15-11-19(27-4)20(28-5)13-16(15)22(23)14-7-8-17(25-2)18(10-14)26-3/h6-8,10-13H,1,9H2,2-5H3. The van der Waals surface area contributed by atoms with Crippen molar-refractivity contribution in [3.8, 4) is 34.3 Å². The first-order chi connectivity index (χ1) is 13.6. The van der Waals surface area contributed by atoms with Gasteiger partial charge in [0, 0.05) is 23.6 Å². The molecule has 6 heteroatoms. The van der Waals surface area contributed by atoms with Crippen LogP contribution in [0.3, 0.4) is 0 Å². The molecule has 0 atom stereocenters. The topological polar surface area (TPSA) is 58.9 Å². The molecule has 0 N–H and O–H groups in total. The molecule has 0 saturated heterocycles. The van der Waals surface area contributed by atoms with Gasteiger partial charge < -0.3 is 23.5 Å². The molecule has 0 aliphatic carbocycles. The van der Waals surface area contributed by atoms with Gasteiger partial charge in [-0.15, -0.1) is 6.58 Å². The zero-order valence-corrected chi connectivity index (χ0v) is 16.4. The highest BCUT2D eigenvalue weighted by Gasteiger charge is 2.17. The van der Waals surface area contributed by atoms with Crippen LogP contribution in [0.2, 0.25) is 0 Å². The lowest BCUT2D eigenvalue weighted by Gasteiger charge is -2.18. The minimum Gasteiger partial charge on any atom is -0.493 e. The first-order valence-electron chi connectivity index (χ1n) is 8.70. The van der Waals surface area contributed by atoms with Crippen molar-refractivity contribution in [2.75, 3.05) is 28.4 Å². The van der Waals surface area contributed by atoms with E-state index in [0.717, 1.165) is 22.0 Å². The van der Waals surface area contributed by atoms with E-state index in [0.29, 0.717) is 29.5 Å². The highest BCUT2D eigenvalue weighted by molar-refractivity contribution is 5.97. The number of allylic oxidation sites excluding steroid dienone is 1. The summed E-state index contributed by atoms with van der Waals surface area (Å²) in [7, 11) is 6.31. The lowest BCUT2D eigenvalue weighted by atomic mass is 10.0. The van der Waals surface area contributed by atoms with Gasteiger partial charge in [0.2, 0.25) is 0 Å². The van der Waals surface area contributed by atoms with Gasteiger partial charge in [0.1, 0.15) is 0 Å². The number of ether oxygens (including phenoxy) is 4. The zero-order chi connectivity index (χ0) is 20.3. The van der Waals surface area contributed by atoms with Gasteiger partial charge in [0.25, 0.3) is 5.56 Å². The summed E-state index contributed by atoms with van der Waals surface area (Å²) in [4.78, 5) is 12.8. The van der Waals surface area contributed by atoms with E-state index in [2.05, 4.69) is 6.58 Å². The molecule has 0 fully saturated rings. The summed E-state index contributed by atoms with van der Waals surface area (Å²) >= 11 is 0. The van der Waals surface area contributed by atoms with Gasteiger partial charge >= 0.3 is 0 Å². The van der Waals surface area contributed by atoms with Crippen LogP contribution in [0.25, 0.3) is 22.0 Å². The Hall–Kier alpha value is -3.41. The quantitative estimate of drug-likeness (QED) is 0.581. The molecule has 1 aromatic heterocycles. The minimum atomic E-state index is -0.135. The van der Waals surface area contributed by atoms with E-state index >= 15 is 0 Å². The Kier molecular flexibility index (Phi) is 5.59. The van der Waals surface area contributed by atoms with Crippen LogP contribution < -0.4 is 24.5 Å². The Balaban J connectivity index is 2.42. The van der Waals surface area contributed by atoms with Crippen LogP contribution >= 0.6 is 0 Å². The summed E-state index contributed by atoms with van der Waals surface area (Å²) in [6.45, 7) is 4.15. The molecule has 2 aromatic carbocycles. The van der Waals surface area contributed by atoms with Crippen molar-refractivity contribution in [2.45, 2.75) is 6.54 Å². The Bertz CT molecular complexity index is 1080. The third-order valence-electron chi connectivity index (χ3n) is 4.59. The van der Waals surface area contributed by atoms with E-state index in [1.807, 2.05) is 24.3 Å². The number of pyridine rings is 1. The van der Waals surface area contributed by atoms with E-state index in [-0.39, 0.29) is 5.56 Å². The van der Waals surface area contributed by atoms with Gasteiger partial charge in [0.05, 0.1) is 34.1 Å². The lowest BCUT2D eigenvalue weighted by Crippen LogP contribution is -2.20. The van der Waals surface area contributed by atoms with Crippen molar-refractivity contribution in [3.63, 3.8) is 0 Å². The highest BCUT2D eigenvalue weighted by Crippen LogP contribution is 2.38. The van der Waals surface area contributed by atoms with Gasteiger partial charge in [-0.25, -0.2) is 0 Å². The molecule has 0 spiro atoms. The van der Waals surface area contributed by atoms with Crippen LogP contribution in [0.4, 0.5) is 0 Å². The number of fused-ring (bicyclic) bond motifs is 1. The second-order valence-corrected chi connectivity index (χ2v) is 6.09. The Morgan fingerprint density at radius 3 is 2.07 bits per heavy atom. The fourth-order valence-corrected chi connectivity index (χ4v) is 3.29.